The summed E-state index contributed by atoms with van der Waals surface area (Å²) in [5, 5.41) is 5.68. The van der Waals surface area contributed by atoms with E-state index in [1.165, 1.54) is 0 Å². The lowest BCUT2D eigenvalue weighted by atomic mass is 10.1. The van der Waals surface area contributed by atoms with Crippen LogP contribution in [0, 0.1) is 0 Å². The highest BCUT2D eigenvalue weighted by atomic mass is 16.2. The Bertz CT molecular complexity index is 770. The summed E-state index contributed by atoms with van der Waals surface area (Å²) < 4.78 is 0. The van der Waals surface area contributed by atoms with Crippen molar-refractivity contribution in [3.63, 3.8) is 0 Å². The van der Waals surface area contributed by atoms with Crippen LogP contribution in [0.25, 0.3) is 0 Å². The van der Waals surface area contributed by atoms with Gasteiger partial charge in [-0.2, -0.15) is 0 Å². The number of nitrogens with zero attached hydrogens (tertiary/aromatic N) is 3. The van der Waals surface area contributed by atoms with Crippen molar-refractivity contribution in [2.75, 3.05) is 36.8 Å². The van der Waals surface area contributed by atoms with Crippen molar-refractivity contribution >= 4 is 36.1 Å². The number of amides is 5. The number of aldehydes is 1. The zero-order valence-corrected chi connectivity index (χ0v) is 19.3. The molecule has 0 spiro atoms. The summed E-state index contributed by atoms with van der Waals surface area (Å²) >= 11 is 0. The lowest BCUT2D eigenvalue weighted by Gasteiger charge is -2.27. The molecule has 0 aliphatic carbocycles. The van der Waals surface area contributed by atoms with Gasteiger partial charge in [-0.3, -0.25) is 4.79 Å². The molecule has 0 bridgehead atoms. The second-order valence-corrected chi connectivity index (χ2v) is 7.97. The van der Waals surface area contributed by atoms with Gasteiger partial charge in [0.25, 0.3) is 0 Å². The highest BCUT2D eigenvalue weighted by Gasteiger charge is 2.29. The first-order chi connectivity index (χ1) is 15.4. The standard InChI is InChI=1S/C23H35N5O4/c1-4-26(14-6-16-29)22(31)24-19-8-10-20(11-9-19)25-23(32)27(5-2)15-13-21-12-7-18(3)28(21)17-30/h8-11,16-18,21H,4-7,12-15H2,1-3H3,(H,24,31)(H,25,32)/t18?,21-/m1/s1. The Morgan fingerprint density at radius 1 is 0.969 bits per heavy atom. The topological polar surface area (TPSA) is 102 Å². The molecule has 9 heteroatoms. The molecule has 1 heterocycles. The number of carbonyl (C=O) groups is 4. The lowest BCUT2D eigenvalue weighted by Crippen LogP contribution is -2.40. The molecule has 1 aromatic carbocycles. The number of carbonyl (C=O) groups excluding carboxylic acids is 4. The maximum Gasteiger partial charge on any atom is 0.321 e. The van der Waals surface area contributed by atoms with Gasteiger partial charge < -0.3 is 30.1 Å². The third-order valence-electron chi connectivity index (χ3n) is 5.94. The second kappa shape index (κ2) is 12.7. The summed E-state index contributed by atoms with van der Waals surface area (Å²) in [6.45, 7) is 7.85. The molecule has 0 aromatic heterocycles. The van der Waals surface area contributed by atoms with Gasteiger partial charge in [0.15, 0.2) is 0 Å². The minimum Gasteiger partial charge on any atom is -0.340 e. The van der Waals surface area contributed by atoms with E-state index in [1.54, 1.807) is 34.1 Å². The number of hydrogen-bond donors (Lipinski definition) is 2. The van der Waals surface area contributed by atoms with Crippen LogP contribution in [0.4, 0.5) is 21.0 Å². The number of anilines is 2. The zero-order valence-electron chi connectivity index (χ0n) is 19.3. The fourth-order valence-corrected chi connectivity index (χ4v) is 3.94. The van der Waals surface area contributed by atoms with Gasteiger partial charge in [-0.1, -0.05) is 0 Å². The third kappa shape index (κ3) is 6.96. The summed E-state index contributed by atoms with van der Waals surface area (Å²) in [6, 6.07) is 6.88. The van der Waals surface area contributed by atoms with E-state index in [0.717, 1.165) is 32.0 Å². The monoisotopic (exact) mass is 445 g/mol. The minimum absolute atomic E-state index is 0.182. The molecule has 1 aliphatic rings. The fraction of sp³-hybridized carbons (Fsp3) is 0.565. The lowest BCUT2D eigenvalue weighted by molar-refractivity contribution is -0.120. The first-order valence-corrected chi connectivity index (χ1v) is 11.3. The Balaban J connectivity index is 1.87. The molecule has 0 radical (unpaired) electrons. The zero-order chi connectivity index (χ0) is 23.5. The van der Waals surface area contributed by atoms with Crippen LogP contribution < -0.4 is 10.6 Å². The van der Waals surface area contributed by atoms with Crippen LogP contribution in [-0.4, -0.2) is 77.7 Å². The van der Waals surface area contributed by atoms with E-state index in [-0.39, 0.29) is 24.1 Å². The van der Waals surface area contributed by atoms with Gasteiger partial charge in [-0.25, -0.2) is 9.59 Å². The molecule has 0 saturated carbocycles. The number of hydrogen-bond acceptors (Lipinski definition) is 4. The van der Waals surface area contributed by atoms with Crippen molar-refractivity contribution in [1.29, 1.82) is 0 Å². The molecule has 1 aromatic rings. The maximum absolute atomic E-state index is 12.7. The predicted molar refractivity (Wildman–Crippen MR) is 125 cm³/mol. The van der Waals surface area contributed by atoms with Crippen molar-refractivity contribution < 1.29 is 19.2 Å². The number of urea groups is 2. The number of nitrogens with one attached hydrogen (secondary N) is 2. The van der Waals surface area contributed by atoms with Crippen molar-refractivity contribution in [2.45, 2.75) is 58.5 Å². The predicted octanol–water partition coefficient (Wildman–Crippen LogP) is 3.38. The molecule has 2 rings (SSSR count). The molecule has 9 nitrogen and oxygen atoms in total. The van der Waals surface area contributed by atoms with Crippen LogP contribution in [0.2, 0.25) is 0 Å². The van der Waals surface area contributed by atoms with E-state index >= 15 is 0 Å². The van der Waals surface area contributed by atoms with E-state index < -0.39 is 0 Å². The summed E-state index contributed by atoms with van der Waals surface area (Å²) in [7, 11) is 0. The highest BCUT2D eigenvalue weighted by Crippen LogP contribution is 2.24. The summed E-state index contributed by atoms with van der Waals surface area (Å²) in [6.07, 6.45) is 4.73. The van der Waals surface area contributed by atoms with E-state index in [1.807, 2.05) is 18.7 Å². The van der Waals surface area contributed by atoms with Gasteiger partial charge in [0.05, 0.1) is 0 Å². The average molecular weight is 446 g/mol. The minimum atomic E-state index is -0.270. The molecule has 32 heavy (non-hydrogen) atoms. The largest absolute Gasteiger partial charge is 0.340 e. The first kappa shape index (κ1) is 25.2. The Morgan fingerprint density at radius 2 is 1.50 bits per heavy atom. The Morgan fingerprint density at radius 3 is 1.97 bits per heavy atom. The molecule has 1 aliphatic heterocycles. The first-order valence-electron chi connectivity index (χ1n) is 11.3. The number of likely N-dealkylation sites (tertiary alicyclic amines) is 1. The van der Waals surface area contributed by atoms with Gasteiger partial charge >= 0.3 is 12.1 Å². The van der Waals surface area contributed by atoms with E-state index in [4.69, 9.17) is 0 Å². The SMILES string of the molecule is CCN(CCC=O)C(=O)Nc1ccc(NC(=O)N(CC)CC[C@H]2CCC(C)N2C=O)cc1. The number of rotatable bonds is 11. The van der Waals surface area contributed by atoms with Crippen molar-refractivity contribution in [2.24, 2.45) is 0 Å². The Labute approximate surface area is 190 Å². The van der Waals surface area contributed by atoms with Crippen molar-refractivity contribution in [3.05, 3.63) is 24.3 Å². The van der Waals surface area contributed by atoms with Gasteiger partial charge in [-0.15, -0.1) is 0 Å². The molecule has 5 amide bonds. The molecule has 1 unspecified atom stereocenters. The molecule has 1 fully saturated rings. The molecule has 2 atom stereocenters. The van der Waals surface area contributed by atoms with Crippen LogP contribution in [0.15, 0.2) is 24.3 Å². The van der Waals surface area contributed by atoms with Gasteiger partial charge in [0, 0.05) is 56.1 Å². The number of benzene rings is 1. The molecular weight excluding hydrogens is 410 g/mol. The molecule has 176 valence electrons. The maximum atomic E-state index is 12.7. The van der Waals surface area contributed by atoms with Crippen LogP contribution in [0.5, 0.6) is 0 Å². The average Bonchev–Trinajstić information content (AvgIpc) is 3.15. The van der Waals surface area contributed by atoms with Crippen molar-refractivity contribution in [3.8, 4) is 0 Å². The Kier molecular flexibility index (Phi) is 9.97. The summed E-state index contributed by atoms with van der Waals surface area (Å²) in [5.41, 5.74) is 1.23. The van der Waals surface area contributed by atoms with Crippen LogP contribution in [0.3, 0.4) is 0 Å². The quantitative estimate of drug-likeness (QED) is 0.510. The van der Waals surface area contributed by atoms with Crippen LogP contribution in [-0.2, 0) is 9.59 Å². The van der Waals surface area contributed by atoms with E-state index in [9.17, 15) is 19.2 Å². The fourth-order valence-electron chi connectivity index (χ4n) is 3.94. The van der Waals surface area contributed by atoms with Gasteiger partial charge in [0.1, 0.15) is 6.29 Å². The summed E-state index contributed by atoms with van der Waals surface area (Å²) in [4.78, 5) is 52.0. The summed E-state index contributed by atoms with van der Waals surface area (Å²) in [5.74, 6) is 0. The molecular formula is C23H35N5O4. The second-order valence-electron chi connectivity index (χ2n) is 7.97. The van der Waals surface area contributed by atoms with Crippen LogP contribution in [0.1, 0.15) is 46.5 Å². The normalized spacial score (nSPS) is 17.5. The Hall–Kier alpha value is -3.10. The van der Waals surface area contributed by atoms with Crippen LogP contribution >= 0.6 is 0 Å². The highest BCUT2D eigenvalue weighted by molar-refractivity contribution is 5.91. The van der Waals surface area contributed by atoms with E-state index in [0.29, 0.717) is 44.0 Å². The van der Waals surface area contributed by atoms with Crippen molar-refractivity contribution in [1.82, 2.24) is 14.7 Å². The molecule has 2 N–H and O–H groups in total. The molecule has 1 saturated heterocycles. The van der Waals surface area contributed by atoms with Gasteiger partial charge in [-0.05, 0) is 64.3 Å². The smallest absolute Gasteiger partial charge is 0.321 e. The van der Waals surface area contributed by atoms with E-state index in [2.05, 4.69) is 17.6 Å². The van der Waals surface area contributed by atoms with Gasteiger partial charge in [0.2, 0.25) is 6.41 Å². The third-order valence-corrected chi connectivity index (χ3v) is 5.94.